The molecule has 7 heteroatoms. The van der Waals surface area contributed by atoms with Crippen molar-refractivity contribution in [1.82, 2.24) is 0 Å². The monoisotopic (exact) mass is 470 g/mol. The molecule has 0 N–H and O–H groups in total. The highest BCUT2D eigenvalue weighted by Crippen LogP contribution is 2.48. The van der Waals surface area contributed by atoms with Crippen LogP contribution in [0.3, 0.4) is 0 Å². The zero-order valence-corrected chi connectivity index (χ0v) is 24.2. The van der Waals surface area contributed by atoms with Crippen LogP contribution in [0.4, 0.5) is 0 Å². The van der Waals surface area contributed by atoms with Crippen molar-refractivity contribution in [1.29, 1.82) is 0 Å². The molecule has 0 aromatic heterocycles. The lowest BCUT2D eigenvalue weighted by Crippen LogP contribution is -2.64. The molecule has 2 aliphatic heterocycles. The molecule has 2 aliphatic rings. The van der Waals surface area contributed by atoms with Crippen molar-refractivity contribution < 1.29 is 13.0 Å². The minimum atomic E-state index is -2.52. The SMILES string of the molecule is CC(C)[Si]1(C(C)C)OC[C@H]2SC(C#C[Si](C)(C)C)=C[C@@H]2O[Si](C(C)C)(C(C)C)O1. The molecule has 29 heavy (non-hydrogen) atoms. The Hall–Kier alpha value is 0.181. The lowest BCUT2D eigenvalue weighted by molar-refractivity contribution is 0.0942. The molecule has 1 saturated heterocycles. The van der Waals surface area contributed by atoms with Gasteiger partial charge in [-0.3, -0.25) is 0 Å². The Morgan fingerprint density at radius 2 is 1.45 bits per heavy atom. The Labute approximate surface area is 187 Å². The zero-order chi connectivity index (χ0) is 22.2. The van der Waals surface area contributed by atoms with Crippen LogP contribution in [0.1, 0.15) is 55.4 Å². The van der Waals surface area contributed by atoms with Crippen molar-refractivity contribution in [3.05, 3.63) is 11.0 Å². The molecule has 0 amide bonds. The van der Waals surface area contributed by atoms with E-state index >= 15 is 0 Å². The van der Waals surface area contributed by atoms with E-state index in [1.165, 1.54) is 0 Å². The molecular weight excluding hydrogens is 429 g/mol. The summed E-state index contributed by atoms with van der Waals surface area (Å²) in [5.74, 6) is 3.46. The van der Waals surface area contributed by atoms with E-state index in [4.69, 9.17) is 13.0 Å². The maximum absolute atomic E-state index is 7.24. The highest BCUT2D eigenvalue weighted by Gasteiger charge is 2.59. The summed E-state index contributed by atoms with van der Waals surface area (Å²) in [7, 11) is -6.36. The van der Waals surface area contributed by atoms with Crippen LogP contribution in [-0.2, 0) is 13.0 Å². The van der Waals surface area contributed by atoms with Gasteiger partial charge in [0.15, 0.2) is 0 Å². The van der Waals surface area contributed by atoms with Crippen LogP contribution in [0.15, 0.2) is 11.0 Å². The lowest BCUT2D eigenvalue weighted by Gasteiger charge is -2.51. The van der Waals surface area contributed by atoms with Crippen LogP contribution in [-0.4, -0.2) is 43.2 Å². The van der Waals surface area contributed by atoms with Crippen molar-refractivity contribution in [2.24, 2.45) is 0 Å². The molecule has 2 heterocycles. The molecule has 2 atom stereocenters. The first-order valence-electron chi connectivity index (χ1n) is 11.2. The van der Waals surface area contributed by atoms with Gasteiger partial charge in [-0.2, -0.15) is 0 Å². The van der Waals surface area contributed by atoms with Crippen LogP contribution in [0.2, 0.25) is 41.8 Å². The second-order valence-electron chi connectivity index (χ2n) is 10.7. The number of hydrogen-bond donors (Lipinski definition) is 0. The van der Waals surface area contributed by atoms with Gasteiger partial charge < -0.3 is 13.0 Å². The van der Waals surface area contributed by atoms with Crippen molar-refractivity contribution in [3.8, 4) is 11.5 Å². The first kappa shape index (κ1) is 25.4. The molecular formula is C22H42O3SSi3. The van der Waals surface area contributed by atoms with E-state index < -0.39 is 25.2 Å². The summed E-state index contributed by atoms with van der Waals surface area (Å²) in [6.07, 6.45) is 2.29. The zero-order valence-electron chi connectivity index (χ0n) is 20.4. The number of rotatable bonds is 4. The second kappa shape index (κ2) is 9.35. The van der Waals surface area contributed by atoms with Gasteiger partial charge in [-0.15, -0.1) is 17.3 Å². The van der Waals surface area contributed by atoms with Crippen molar-refractivity contribution in [3.63, 3.8) is 0 Å². The Balaban J connectivity index is 2.49. The highest BCUT2D eigenvalue weighted by atomic mass is 32.2. The van der Waals surface area contributed by atoms with Gasteiger partial charge in [0.1, 0.15) is 8.07 Å². The average Bonchev–Trinajstić information content (AvgIpc) is 2.93. The molecule has 0 unspecified atom stereocenters. The fourth-order valence-electron chi connectivity index (χ4n) is 4.22. The molecule has 0 aromatic rings. The molecule has 166 valence electrons. The summed E-state index contributed by atoms with van der Waals surface area (Å²) in [6.45, 7) is 25.8. The maximum Gasteiger partial charge on any atom is 0.335 e. The third-order valence-electron chi connectivity index (χ3n) is 5.85. The molecule has 0 bridgehead atoms. The standard InChI is InChI=1S/C22H42O3SSi3/c1-16(2)28(17(3)4)23-15-22-21(14-20(26-22)12-13-27(9,10)11)24-29(25-28,18(5)6)19(7)8/h14,16-19,21-22H,15H2,1-11H3/t21-,22+/m0/s1. The maximum atomic E-state index is 7.24. The average molecular weight is 471 g/mol. The highest BCUT2D eigenvalue weighted by molar-refractivity contribution is 8.04. The predicted molar refractivity (Wildman–Crippen MR) is 134 cm³/mol. The Bertz CT molecular complexity index is 655. The van der Waals surface area contributed by atoms with Crippen LogP contribution < -0.4 is 0 Å². The van der Waals surface area contributed by atoms with Gasteiger partial charge in [-0.05, 0) is 28.2 Å². The molecule has 0 spiro atoms. The van der Waals surface area contributed by atoms with Crippen LogP contribution in [0, 0.1) is 11.5 Å². The predicted octanol–water partition coefficient (Wildman–Crippen LogP) is 6.82. The number of thioether (sulfide) groups is 1. The van der Waals surface area contributed by atoms with Crippen molar-refractivity contribution in [2.45, 2.75) is 109 Å². The number of allylic oxidation sites excluding steroid dienone is 1. The molecule has 2 rings (SSSR count). The second-order valence-corrected chi connectivity index (χ2v) is 25.6. The number of hydrogen-bond acceptors (Lipinski definition) is 4. The van der Waals surface area contributed by atoms with Crippen LogP contribution in [0.5, 0.6) is 0 Å². The summed E-state index contributed by atoms with van der Waals surface area (Å²) in [4.78, 5) is 1.16. The van der Waals surface area contributed by atoms with E-state index in [9.17, 15) is 0 Å². The van der Waals surface area contributed by atoms with Gasteiger partial charge >= 0.3 is 17.1 Å². The van der Waals surface area contributed by atoms with E-state index in [0.717, 1.165) is 4.91 Å². The minimum Gasteiger partial charge on any atom is -0.414 e. The minimum absolute atomic E-state index is 0.0359. The molecule has 3 nitrogen and oxygen atoms in total. The molecule has 0 radical (unpaired) electrons. The van der Waals surface area contributed by atoms with E-state index in [0.29, 0.717) is 28.8 Å². The fourth-order valence-corrected chi connectivity index (χ4v) is 17.3. The Kier molecular flexibility index (Phi) is 8.21. The molecule has 1 fully saturated rings. The van der Waals surface area contributed by atoms with Gasteiger partial charge in [0.25, 0.3) is 0 Å². The largest absolute Gasteiger partial charge is 0.414 e. The first-order chi connectivity index (χ1) is 13.2. The van der Waals surface area contributed by atoms with Crippen LogP contribution >= 0.6 is 11.8 Å². The van der Waals surface area contributed by atoms with E-state index in [1.807, 2.05) is 11.8 Å². The van der Waals surface area contributed by atoms with Gasteiger partial charge in [-0.1, -0.05) is 81.0 Å². The van der Waals surface area contributed by atoms with Gasteiger partial charge in [-0.25, -0.2) is 0 Å². The van der Waals surface area contributed by atoms with E-state index in [-0.39, 0.29) is 11.4 Å². The summed E-state index contributed by atoms with van der Waals surface area (Å²) in [5, 5.41) is 0.276. The summed E-state index contributed by atoms with van der Waals surface area (Å²) >= 11 is 1.85. The third kappa shape index (κ3) is 5.52. The summed E-state index contributed by atoms with van der Waals surface area (Å²) < 4.78 is 21.1. The Morgan fingerprint density at radius 1 is 0.931 bits per heavy atom. The first-order valence-corrected chi connectivity index (χ1v) is 19.5. The molecule has 0 aliphatic carbocycles. The number of fused-ring (bicyclic) bond motifs is 1. The normalized spacial score (nSPS) is 26.8. The van der Waals surface area contributed by atoms with E-state index in [2.05, 4.69) is 92.6 Å². The van der Waals surface area contributed by atoms with Crippen molar-refractivity contribution >= 4 is 37.0 Å². The fraction of sp³-hybridized carbons (Fsp3) is 0.818. The smallest absolute Gasteiger partial charge is 0.335 e. The molecule has 0 saturated carbocycles. The third-order valence-corrected chi connectivity index (χ3v) is 18.2. The van der Waals surface area contributed by atoms with Crippen LogP contribution in [0.25, 0.3) is 0 Å². The lowest BCUT2D eigenvalue weighted by atomic mass is 10.2. The van der Waals surface area contributed by atoms with Gasteiger partial charge in [0, 0.05) is 0 Å². The van der Waals surface area contributed by atoms with E-state index in [1.54, 1.807) is 0 Å². The Morgan fingerprint density at radius 3 is 1.90 bits per heavy atom. The topological polar surface area (TPSA) is 27.7 Å². The van der Waals surface area contributed by atoms with Gasteiger partial charge in [0.05, 0.1) is 22.9 Å². The molecule has 0 aromatic carbocycles. The summed E-state index contributed by atoms with van der Waals surface area (Å²) in [6, 6.07) is 0. The quantitative estimate of drug-likeness (QED) is 0.333. The van der Waals surface area contributed by atoms with Gasteiger partial charge in [0.2, 0.25) is 0 Å². The summed E-state index contributed by atoms with van der Waals surface area (Å²) in [5.41, 5.74) is 5.02. The van der Waals surface area contributed by atoms with Crippen molar-refractivity contribution in [2.75, 3.05) is 6.61 Å².